The van der Waals surface area contributed by atoms with Gasteiger partial charge < -0.3 is 18.3 Å². The first-order chi connectivity index (χ1) is 8.45. The van der Waals surface area contributed by atoms with Gasteiger partial charge in [-0.1, -0.05) is 13.8 Å². The molecule has 1 heterocycles. The fourth-order valence-corrected chi connectivity index (χ4v) is 7.24. The molecule has 1 rings (SSSR count). The zero-order valence-corrected chi connectivity index (χ0v) is 13.7. The van der Waals surface area contributed by atoms with E-state index in [-0.39, 0.29) is 10.6 Å². The molecule has 0 amide bonds. The summed E-state index contributed by atoms with van der Waals surface area (Å²) in [7, 11) is -0.662. The van der Waals surface area contributed by atoms with Crippen LogP contribution in [0.3, 0.4) is 0 Å². The van der Waals surface area contributed by atoms with Crippen molar-refractivity contribution in [3.63, 3.8) is 0 Å². The van der Waals surface area contributed by atoms with E-state index in [1.165, 1.54) is 0 Å². The molecule has 5 heteroatoms. The molecule has 1 unspecified atom stereocenters. The van der Waals surface area contributed by atoms with Gasteiger partial charge in [-0.25, -0.2) is 0 Å². The predicted molar refractivity (Wildman–Crippen MR) is 73.8 cm³/mol. The number of rotatable bonds is 8. The SMILES string of the molecule is CCO[Si](C)(OCC)C(CC)(OC)C1(C)COC1. The minimum absolute atomic E-state index is 0.0121. The lowest BCUT2D eigenvalue weighted by Crippen LogP contribution is -2.73. The minimum atomic E-state index is -2.44. The summed E-state index contributed by atoms with van der Waals surface area (Å²) in [6.45, 7) is 13.3. The largest absolute Gasteiger partial charge is 0.393 e. The Morgan fingerprint density at radius 3 is 1.89 bits per heavy atom. The van der Waals surface area contributed by atoms with Crippen LogP contribution in [0, 0.1) is 5.41 Å². The number of methoxy groups -OCH3 is 1. The van der Waals surface area contributed by atoms with Crippen LogP contribution in [-0.2, 0) is 18.3 Å². The van der Waals surface area contributed by atoms with Crippen LogP contribution in [0.2, 0.25) is 6.55 Å². The molecule has 0 radical (unpaired) electrons. The summed E-state index contributed by atoms with van der Waals surface area (Å²) >= 11 is 0. The van der Waals surface area contributed by atoms with Gasteiger partial charge in [0.15, 0.2) is 0 Å². The summed E-state index contributed by atoms with van der Waals surface area (Å²) in [4.78, 5) is 0. The fourth-order valence-electron chi connectivity index (χ4n) is 3.34. The Kier molecular flexibility index (Phi) is 5.38. The van der Waals surface area contributed by atoms with E-state index in [9.17, 15) is 0 Å². The van der Waals surface area contributed by atoms with Crippen molar-refractivity contribution in [1.82, 2.24) is 0 Å². The lowest BCUT2D eigenvalue weighted by atomic mass is 9.80. The van der Waals surface area contributed by atoms with Gasteiger partial charge in [0.05, 0.1) is 13.2 Å². The molecule has 0 aliphatic carbocycles. The molecule has 0 aromatic carbocycles. The van der Waals surface area contributed by atoms with Crippen molar-refractivity contribution in [2.75, 3.05) is 33.5 Å². The van der Waals surface area contributed by atoms with Crippen LogP contribution < -0.4 is 0 Å². The van der Waals surface area contributed by atoms with Crippen LogP contribution in [0.15, 0.2) is 0 Å². The molecule has 4 nitrogen and oxygen atoms in total. The van der Waals surface area contributed by atoms with E-state index in [4.69, 9.17) is 18.3 Å². The van der Waals surface area contributed by atoms with Crippen LogP contribution in [0.1, 0.15) is 34.1 Å². The van der Waals surface area contributed by atoms with E-state index in [0.717, 1.165) is 19.6 Å². The van der Waals surface area contributed by atoms with Gasteiger partial charge in [0.1, 0.15) is 5.22 Å². The Morgan fingerprint density at radius 1 is 1.17 bits per heavy atom. The van der Waals surface area contributed by atoms with Crippen LogP contribution in [-0.4, -0.2) is 47.3 Å². The number of hydrogen-bond acceptors (Lipinski definition) is 4. The summed E-state index contributed by atoms with van der Waals surface area (Å²) in [5, 5.41) is -0.357. The van der Waals surface area contributed by atoms with Gasteiger partial charge in [0, 0.05) is 25.7 Å². The smallest absolute Gasteiger partial charge is 0.368 e. The highest BCUT2D eigenvalue weighted by Crippen LogP contribution is 2.48. The summed E-state index contributed by atoms with van der Waals surface area (Å²) in [6, 6.07) is 0. The summed E-state index contributed by atoms with van der Waals surface area (Å²) < 4.78 is 23.6. The first-order valence-corrected chi connectivity index (χ1v) is 9.17. The molecule has 0 aromatic rings. The monoisotopic (exact) mass is 276 g/mol. The van der Waals surface area contributed by atoms with Crippen molar-refractivity contribution in [2.45, 2.75) is 45.9 Å². The van der Waals surface area contributed by atoms with Crippen LogP contribution in [0.5, 0.6) is 0 Å². The second kappa shape index (κ2) is 6.01. The molecule has 0 saturated carbocycles. The zero-order chi connectivity index (χ0) is 13.9. The lowest BCUT2D eigenvalue weighted by Gasteiger charge is -2.57. The van der Waals surface area contributed by atoms with E-state index in [0.29, 0.717) is 13.2 Å². The summed E-state index contributed by atoms with van der Waals surface area (Å²) in [6.07, 6.45) is 0.881. The van der Waals surface area contributed by atoms with Crippen molar-refractivity contribution in [3.05, 3.63) is 0 Å². The van der Waals surface area contributed by atoms with Crippen molar-refractivity contribution < 1.29 is 18.3 Å². The standard InChI is InChI=1S/C13H28O4Si/c1-7-13(14-5,12(4)10-15-11-12)18(6,16-8-2)17-9-3/h7-11H2,1-6H3. The Labute approximate surface area is 112 Å². The number of hydrogen-bond donors (Lipinski definition) is 0. The maximum Gasteiger partial charge on any atom is 0.368 e. The second-order valence-corrected chi connectivity index (χ2v) is 8.53. The van der Waals surface area contributed by atoms with Gasteiger partial charge in [-0.05, 0) is 26.8 Å². The Bertz CT molecular complexity index is 256. The van der Waals surface area contributed by atoms with Crippen LogP contribution >= 0.6 is 0 Å². The van der Waals surface area contributed by atoms with Crippen LogP contribution in [0.25, 0.3) is 0 Å². The topological polar surface area (TPSA) is 36.9 Å². The van der Waals surface area contributed by atoms with E-state index in [1.54, 1.807) is 7.11 Å². The highest BCUT2D eigenvalue weighted by molar-refractivity contribution is 6.69. The molecule has 1 saturated heterocycles. The Balaban J connectivity index is 3.13. The third-order valence-corrected chi connectivity index (χ3v) is 8.54. The maximum atomic E-state index is 6.08. The zero-order valence-electron chi connectivity index (χ0n) is 12.7. The molecule has 1 aliphatic heterocycles. The van der Waals surface area contributed by atoms with E-state index in [1.807, 2.05) is 13.8 Å². The van der Waals surface area contributed by atoms with Gasteiger partial charge in [0.2, 0.25) is 0 Å². The third kappa shape index (κ3) is 2.27. The molecule has 1 atom stereocenters. The maximum absolute atomic E-state index is 6.08. The van der Waals surface area contributed by atoms with Crippen molar-refractivity contribution in [2.24, 2.45) is 5.41 Å². The van der Waals surface area contributed by atoms with Crippen molar-refractivity contribution >= 4 is 8.56 Å². The second-order valence-electron chi connectivity index (χ2n) is 5.25. The van der Waals surface area contributed by atoms with Gasteiger partial charge in [0.25, 0.3) is 0 Å². The minimum Gasteiger partial charge on any atom is -0.393 e. The lowest BCUT2D eigenvalue weighted by molar-refractivity contribution is -0.206. The molecule has 1 fully saturated rings. The van der Waals surface area contributed by atoms with E-state index in [2.05, 4.69) is 20.4 Å². The molecule has 1 aliphatic rings. The molecule has 0 spiro atoms. The molecule has 0 N–H and O–H groups in total. The van der Waals surface area contributed by atoms with E-state index < -0.39 is 8.56 Å². The van der Waals surface area contributed by atoms with Gasteiger partial charge in [-0.2, -0.15) is 0 Å². The normalized spacial score (nSPS) is 22.3. The highest BCUT2D eigenvalue weighted by atomic mass is 28.4. The Hall–Kier alpha value is 0.0569. The molecule has 0 bridgehead atoms. The van der Waals surface area contributed by atoms with Gasteiger partial charge >= 0.3 is 8.56 Å². The molecular weight excluding hydrogens is 248 g/mol. The van der Waals surface area contributed by atoms with Crippen molar-refractivity contribution in [3.8, 4) is 0 Å². The molecular formula is C13H28O4Si. The van der Waals surface area contributed by atoms with Gasteiger partial charge in [-0.3, -0.25) is 0 Å². The summed E-state index contributed by atoms with van der Waals surface area (Å²) in [5.41, 5.74) is -0.0121. The predicted octanol–water partition coefficient (Wildman–Crippen LogP) is 2.50. The van der Waals surface area contributed by atoms with Crippen LogP contribution in [0.4, 0.5) is 0 Å². The average molecular weight is 276 g/mol. The molecule has 0 aromatic heterocycles. The first kappa shape index (κ1) is 16.1. The van der Waals surface area contributed by atoms with Gasteiger partial charge in [-0.15, -0.1) is 0 Å². The molecule has 18 heavy (non-hydrogen) atoms. The average Bonchev–Trinajstić information content (AvgIpc) is 2.29. The third-order valence-electron chi connectivity index (χ3n) is 4.24. The number of ether oxygens (including phenoxy) is 2. The van der Waals surface area contributed by atoms with E-state index >= 15 is 0 Å². The summed E-state index contributed by atoms with van der Waals surface area (Å²) in [5.74, 6) is 0. The Morgan fingerprint density at radius 2 is 1.67 bits per heavy atom. The molecule has 108 valence electrons. The quantitative estimate of drug-likeness (QED) is 0.638. The first-order valence-electron chi connectivity index (χ1n) is 6.86. The highest BCUT2D eigenvalue weighted by Gasteiger charge is 2.66. The van der Waals surface area contributed by atoms with Crippen molar-refractivity contribution in [1.29, 1.82) is 0 Å². The fraction of sp³-hybridized carbons (Fsp3) is 1.00.